The van der Waals surface area contributed by atoms with E-state index in [1.54, 1.807) is 0 Å². The lowest BCUT2D eigenvalue weighted by molar-refractivity contribution is -0.00186. The molecule has 3 N–H and O–H groups in total. The molecule has 0 spiro atoms. The second-order valence-corrected chi connectivity index (χ2v) is 9.32. The van der Waals surface area contributed by atoms with Gasteiger partial charge in [-0.15, -0.1) is 0 Å². The van der Waals surface area contributed by atoms with E-state index in [-0.39, 0.29) is 17.1 Å². The highest BCUT2D eigenvalue weighted by Gasteiger charge is 2.28. The van der Waals surface area contributed by atoms with Crippen molar-refractivity contribution >= 4 is 23.1 Å². The summed E-state index contributed by atoms with van der Waals surface area (Å²) in [7, 11) is 0. The van der Waals surface area contributed by atoms with E-state index in [1.165, 1.54) is 61.5 Å². The number of rotatable bonds is 9. The number of amides is 1. The largest absolute Gasteiger partial charge is 0.387 e. The summed E-state index contributed by atoms with van der Waals surface area (Å²) in [6, 6.07) is 4.95. The fraction of sp³-hybridized carbons (Fsp3) is 0.333. The highest BCUT2D eigenvalue weighted by Crippen LogP contribution is 2.28. The smallest absolute Gasteiger partial charge is 0.264 e. The molecule has 1 atom stereocenters. The molecule has 4 rings (SSSR count). The maximum absolute atomic E-state index is 14.2. The van der Waals surface area contributed by atoms with Gasteiger partial charge in [0, 0.05) is 31.6 Å². The molecule has 0 aromatic carbocycles. The molecule has 1 amide bonds. The van der Waals surface area contributed by atoms with Crippen LogP contribution in [-0.4, -0.2) is 64.6 Å². The monoisotopic (exact) mass is 527 g/mol. The molecule has 0 fully saturated rings. The number of hydrogen-bond donors (Lipinski definition) is 3. The molecule has 4 heterocycles. The summed E-state index contributed by atoms with van der Waals surface area (Å²) in [6.07, 6.45) is 5.26. The van der Waals surface area contributed by atoms with Gasteiger partial charge in [0.05, 0.1) is 52.6 Å². The Labute approximate surface area is 214 Å². The minimum Gasteiger partial charge on any atom is -0.387 e. The van der Waals surface area contributed by atoms with Crippen molar-refractivity contribution in [3.05, 3.63) is 54.2 Å². The van der Waals surface area contributed by atoms with Gasteiger partial charge >= 0.3 is 0 Å². The Morgan fingerprint density at radius 3 is 2.68 bits per heavy atom. The van der Waals surface area contributed by atoms with Crippen molar-refractivity contribution in [3.8, 4) is 17.3 Å². The number of aliphatic hydroxyl groups is 1. The molecule has 0 unspecified atom stereocenters. The SMILES string of the molecule is CC(F)(F)Cn1ccc(Nc2cc(-c3cnn4cc(C#N)cnc34)ncc2C(=O)NC[C@@H](F)C(C)(C)O)n1. The van der Waals surface area contributed by atoms with Crippen LogP contribution in [0.2, 0.25) is 0 Å². The zero-order valence-corrected chi connectivity index (χ0v) is 20.7. The number of anilines is 2. The van der Waals surface area contributed by atoms with E-state index in [4.69, 9.17) is 5.26 Å². The van der Waals surface area contributed by atoms with Gasteiger partial charge in [0.15, 0.2) is 11.5 Å². The van der Waals surface area contributed by atoms with E-state index in [2.05, 4.69) is 30.8 Å². The Bertz CT molecular complexity index is 1510. The second-order valence-electron chi connectivity index (χ2n) is 9.32. The predicted molar refractivity (Wildman–Crippen MR) is 131 cm³/mol. The molecule has 198 valence electrons. The fourth-order valence-electron chi connectivity index (χ4n) is 3.47. The van der Waals surface area contributed by atoms with E-state index >= 15 is 0 Å². The molecule has 0 aliphatic rings. The standard InChI is InChI=1S/C24H24F3N9O2/c1-23(2,38)19(25)11-31-22(37)16-9-29-17(15-10-32-36-12-14(7-28)8-30-21(15)36)6-18(16)33-20-4-5-35(34-20)13-24(3,26)27/h4-6,8-10,12,19,38H,11,13H2,1-3H3,(H,31,37)(H,29,33,34)/t19-/m1/s1. The summed E-state index contributed by atoms with van der Waals surface area (Å²) in [5, 5.41) is 32.5. The first-order chi connectivity index (χ1) is 17.8. The maximum Gasteiger partial charge on any atom is 0.264 e. The minimum absolute atomic E-state index is 0.0169. The third-order valence-corrected chi connectivity index (χ3v) is 5.46. The van der Waals surface area contributed by atoms with Gasteiger partial charge in [0.25, 0.3) is 11.8 Å². The predicted octanol–water partition coefficient (Wildman–Crippen LogP) is 3.10. The van der Waals surface area contributed by atoms with Gasteiger partial charge in [0.1, 0.15) is 18.8 Å². The molecule has 4 aromatic heterocycles. The fourth-order valence-corrected chi connectivity index (χ4v) is 3.47. The summed E-state index contributed by atoms with van der Waals surface area (Å²) in [6.45, 7) is 2.25. The molecule has 4 aromatic rings. The first kappa shape index (κ1) is 26.6. The molecule has 0 saturated carbocycles. The molecule has 11 nitrogen and oxygen atoms in total. The average Bonchev–Trinajstić information content (AvgIpc) is 3.46. The second kappa shape index (κ2) is 10.1. The normalized spacial score (nSPS) is 12.8. The molecule has 14 heteroatoms. The number of pyridine rings is 1. The number of aromatic nitrogens is 6. The summed E-state index contributed by atoms with van der Waals surface area (Å²) in [5.74, 6) is -3.49. The van der Waals surface area contributed by atoms with Crippen LogP contribution in [0.25, 0.3) is 16.9 Å². The van der Waals surface area contributed by atoms with Crippen molar-refractivity contribution < 1.29 is 23.1 Å². The summed E-state index contributed by atoms with van der Waals surface area (Å²) >= 11 is 0. The van der Waals surface area contributed by atoms with E-state index < -0.39 is 36.7 Å². The summed E-state index contributed by atoms with van der Waals surface area (Å²) in [4.78, 5) is 21.5. The zero-order valence-electron chi connectivity index (χ0n) is 20.7. The Morgan fingerprint density at radius 2 is 2.00 bits per heavy atom. The number of nitriles is 1. The average molecular weight is 528 g/mol. The lowest BCUT2D eigenvalue weighted by Gasteiger charge is -2.22. The highest BCUT2D eigenvalue weighted by atomic mass is 19.3. The van der Waals surface area contributed by atoms with E-state index in [9.17, 15) is 23.1 Å². The van der Waals surface area contributed by atoms with Crippen molar-refractivity contribution in [2.75, 3.05) is 11.9 Å². The number of halogens is 3. The molecule has 0 saturated heterocycles. The van der Waals surface area contributed by atoms with Crippen LogP contribution in [0.4, 0.5) is 24.7 Å². The lowest BCUT2D eigenvalue weighted by Crippen LogP contribution is -2.42. The van der Waals surface area contributed by atoms with Crippen LogP contribution in [-0.2, 0) is 6.54 Å². The molecule has 0 radical (unpaired) electrons. The van der Waals surface area contributed by atoms with E-state index in [0.29, 0.717) is 22.5 Å². The van der Waals surface area contributed by atoms with Crippen LogP contribution in [0.3, 0.4) is 0 Å². The van der Waals surface area contributed by atoms with Gasteiger partial charge in [-0.25, -0.2) is 22.7 Å². The number of nitrogens with zero attached hydrogens (tertiary/aromatic N) is 7. The van der Waals surface area contributed by atoms with Crippen LogP contribution in [0, 0.1) is 11.3 Å². The van der Waals surface area contributed by atoms with Crippen molar-refractivity contribution in [1.29, 1.82) is 5.26 Å². The number of fused-ring (bicyclic) bond motifs is 1. The van der Waals surface area contributed by atoms with Gasteiger partial charge < -0.3 is 15.7 Å². The number of nitrogens with one attached hydrogen (secondary N) is 2. The van der Waals surface area contributed by atoms with Gasteiger partial charge in [-0.2, -0.15) is 15.5 Å². The van der Waals surface area contributed by atoms with Gasteiger partial charge in [-0.1, -0.05) is 0 Å². The molecule has 0 aliphatic carbocycles. The lowest BCUT2D eigenvalue weighted by atomic mass is 10.0. The Hall–Kier alpha value is -4.51. The van der Waals surface area contributed by atoms with Crippen molar-refractivity contribution in [3.63, 3.8) is 0 Å². The van der Waals surface area contributed by atoms with Gasteiger partial charge in [-0.3, -0.25) is 14.5 Å². The Morgan fingerprint density at radius 1 is 1.24 bits per heavy atom. The number of carbonyl (C=O) groups is 1. The van der Waals surface area contributed by atoms with Gasteiger partial charge in [-0.05, 0) is 19.9 Å². The van der Waals surface area contributed by atoms with Crippen LogP contribution < -0.4 is 10.6 Å². The molecule has 38 heavy (non-hydrogen) atoms. The number of hydrogen-bond acceptors (Lipinski definition) is 8. The van der Waals surface area contributed by atoms with Crippen LogP contribution >= 0.6 is 0 Å². The first-order valence-electron chi connectivity index (χ1n) is 11.4. The molecular weight excluding hydrogens is 503 g/mol. The first-order valence-corrected chi connectivity index (χ1v) is 11.4. The van der Waals surface area contributed by atoms with Crippen LogP contribution in [0.15, 0.2) is 43.1 Å². The minimum atomic E-state index is -2.98. The highest BCUT2D eigenvalue weighted by molar-refractivity contribution is 6.00. The van der Waals surface area contributed by atoms with E-state index in [1.807, 2.05) is 6.07 Å². The molecule has 0 bridgehead atoms. The zero-order chi connectivity index (χ0) is 27.7. The van der Waals surface area contributed by atoms with Crippen LogP contribution in [0.5, 0.6) is 0 Å². The topological polar surface area (TPSA) is 146 Å². The van der Waals surface area contributed by atoms with Gasteiger partial charge in [0.2, 0.25) is 0 Å². The van der Waals surface area contributed by atoms with Crippen molar-refractivity contribution in [2.45, 2.75) is 45.0 Å². The molecule has 0 aliphatic heterocycles. The Balaban J connectivity index is 1.69. The number of alkyl halides is 3. The summed E-state index contributed by atoms with van der Waals surface area (Å²) in [5.41, 5.74) is 0.115. The third kappa shape index (κ3) is 6.06. The third-order valence-electron chi connectivity index (χ3n) is 5.46. The quantitative estimate of drug-likeness (QED) is 0.301. The number of carbonyl (C=O) groups excluding carboxylic acids is 1. The Kier molecular flexibility index (Phi) is 7.05. The van der Waals surface area contributed by atoms with Crippen molar-refractivity contribution in [2.24, 2.45) is 0 Å². The summed E-state index contributed by atoms with van der Waals surface area (Å²) < 4.78 is 43.5. The van der Waals surface area contributed by atoms with Crippen LogP contribution in [0.1, 0.15) is 36.7 Å². The maximum atomic E-state index is 14.2. The molecular formula is C24H24F3N9O2. The van der Waals surface area contributed by atoms with E-state index in [0.717, 1.165) is 11.6 Å². The van der Waals surface area contributed by atoms with Crippen molar-refractivity contribution in [1.82, 2.24) is 34.7 Å².